The van der Waals surface area contributed by atoms with Crippen LogP contribution in [0.5, 0.6) is 5.75 Å². The van der Waals surface area contributed by atoms with Crippen molar-refractivity contribution in [2.45, 2.75) is 13.8 Å². The number of fused-ring (bicyclic) bond motifs is 1. The Kier molecular flexibility index (Phi) is 5.70. The van der Waals surface area contributed by atoms with Gasteiger partial charge in [-0.05, 0) is 54.5 Å². The van der Waals surface area contributed by atoms with Crippen molar-refractivity contribution < 1.29 is 14.8 Å². The number of nitrogens with one attached hydrogen (secondary N) is 1. The Hall–Kier alpha value is -4.04. The zero-order valence-corrected chi connectivity index (χ0v) is 18.1. The van der Waals surface area contributed by atoms with E-state index in [1.165, 1.54) is 12.1 Å². The van der Waals surface area contributed by atoms with Crippen LogP contribution in [-0.4, -0.2) is 20.8 Å². The van der Waals surface area contributed by atoms with Crippen molar-refractivity contribution in [2.75, 3.05) is 5.32 Å². The van der Waals surface area contributed by atoms with Gasteiger partial charge in [0.05, 0.1) is 15.5 Å². The SMILES string of the molecule is Cc1ccc(Nc2nc(C)c(C(=O)C=Cc3c(O)ccc4ccccc34)s2)c([N+](=O)[O-])c1. The van der Waals surface area contributed by atoms with Gasteiger partial charge in [0.1, 0.15) is 11.4 Å². The topological polar surface area (TPSA) is 105 Å². The molecule has 2 N–H and O–H groups in total. The molecule has 8 heteroatoms. The van der Waals surface area contributed by atoms with E-state index in [0.29, 0.717) is 27.0 Å². The third kappa shape index (κ3) is 4.21. The molecular formula is C24H19N3O4S. The molecule has 0 saturated heterocycles. The normalized spacial score (nSPS) is 11.2. The molecule has 0 aliphatic carbocycles. The Morgan fingerprint density at radius 3 is 2.72 bits per heavy atom. The summed E-state index contributed by atoms with van der Waals surface area (Å²) in [6.07, 6.45) is 3.00. The van der Waals surface area contributed by atoms with Crippen LogP contribution in [0.4, 0.5) is 16.5 Å². The summed E-state index contributed by atoms with van der Waals surface area (Å²) < 4.78 is 0. The monoisotopic (exact) mass is 445 g/mol. The van der Waals surface area contributed by atoms with Gasteiger partial charge in [-0.2, -0.15) is 0 Å². The van der Waals surface area contributed by atoms with Crippen LogP contribution in [0.3, 0.4) is 0 Å². The first-order chi connectivity index (χ1) is 15.3. The van der Waals surface area contributed by atoms with E-state index in [-0.39, 0.29) is 17.2 Å². The number of aryl methyl sites for hydroxylation is 2. The molecular weight excluding hydrogens is 426 g/mol. The van der Waals surface area contributed by atoms with Gasteiger partial charge in [-0.25, -0.2) is 4.98 Å². The highest BCUT2D eigenvalue weighted by Gasteiger charge is 2.18. The largest absolute Gasteiger partial charge is 0.507 e. The maximum absolute atomic E-state index is 12.8. The van der Waals surface area contributed by atoms with E-state index in [0.717, 1.165) is 27.7 Å². The molecule has 3 aromatic carbocycles. The van der Waals surface area contributed by atoms with Crippen LogP contribution in [0, 0.1) is 24.0 Å². The number of allylic oxidation sites excluding steroid dienone is 1. The summed E-state index contributed by atoms with van der Waals surface area (Å²) >= 11 is 1.12. The molecule has 0 bridgehead atoms. The summed E-state index contributed by atoms with van der Waals surface area (Å²) in [6.45, 7) is 3.49. The van der Waals surface area contributed by atoms with Crippen molar-refractivity contribution in [3.05, 3.63) is 92.5 Å². The standard InChI is InChI=1S/C24H19N3O4S/c1-14-7-10-19(20(13-14)27(30)31)26-24-25-15(2)23(32-24)22(29)12-9-18-17-6-4-3-5-16(17)8-11-21(18)28/h3-13,28H,1-2H3,(H,25,26). The minimum Gasteiger partial charge on any atom is -0.507 e. The number of nitro benzene ring substituents is 1. The van der Waals surface area contributed by atoms with Crippen LogP contribution in [0.15, 0.2) is 60.7 Å². The number of phenolic OH excluding ortho intramolecular Hbond substituents is 1. The number of hydrogen-bond acceptors (Lipinski definition) is 7. The second kappa shape index (κ2) is 8.60. The average Bonchev–Trinajstić information content (AvgIpc) is 3.14. The number of benzene rings is 3. The summed E-state index contributed by atoms with van der Waals surface area (Å²) in [5.41, 5.74) is 2.10. The molecule has 7 nitrogen and oxygen atoms in total. The number of aromatic nitrogens is 1. The van der Waals surface area contributed by atoms with Crippen molar-refractivity contribution in [3.63, 3.8) is 0 Å². The number of anilines is 2. The maximum Gasteiger partial charge on any atom is 0.292 e. The molecule has 0 aliphatic heterocycles. The lowest BCUT2D eigenvalue weighted by molar-refractivity contribution is -0.384. The minimum atomic E-state index is -0.457. The Morgan fingerprint density at radius 2 is 1.94 bits per heavy atom. The number of nitrogens with zero attached hydrogens (tertiary/aromatic N) is 2. The van der Waals surface area contributed by atoms with E-state index < -0.39 is 4.92 Å². The number of thiazole rings is 1. The summed E-state index contributed by atoms with van der Waals surface area (Å²) in [5, 5.41) is 26.8. The molecule has 0 atom stereocenters. The molecule has 1 aromatic heterocycles. The molecule has 0 aliphatic rings. The number of nitro groups is 1. The first kappa shape index (κ1) is 21.2. The van der Waals surface area contributed by atoms with Gasteiger partial charge in [0.15, 0.2) is 10.9 Å². The van der Waals surface area contributed by atoms with Crippen LogP contribution >= 0.6 is 11.3 Å². The van der Waals surface area contributed by atoms with Gasteiger partial charge in [-0.3, -0.25) is 14.9 Å². The first-order valence-electron chi connectivity index (χ1n) is 9.76. The molecule has 1 heterocycles. The van der Waals surface area contributed by atoms with Gasteiger partial charge in [0.25, 0.3) is 5.69 Å². The molecule has 0 unspecified atom stereocenters. The number of carbonyl (C=O) groups is 1. The van der Waals surface area contributed by atoms with E-state index in [2.05, 4.69) is 10.3 Å². The molecule has 0 saturated carbocycles. The Balaban J connectivity index is 1.61. The van der Waals surface area contributed by atoms with E-state index >= 15 is 0 Å². The number of carbonyl (C=O) groups excluding carboxylic acids is 1. The smallest absolute Gasteiger partial charge is 0.292 e. The average molecular weight is 446 g/mol. The zero-order valence-electron chi connectivity index (χ0n) is 17.3. The molecule has 0 fully saturated rings. The lowest BCUT2D eigenvalue weighted by atomic mass is 10.0. The fourth-order valence-electron chi connectivity index (χ4n) is 3.39. The van der Waals surface area contributed by atoms with Gasteiger partial charge in [-0.1, -0.05) is 47.7 Å². The first-order valence-corrected chi connectivity index (χ1v) is 10.6. The van der Waals surface area contributed by atoms with Crippen LogP contribution < -0.4 is 5.32 Å². The highest BCUT2D eigenvalue weighted by Crippen LogP contribution is 2.33. The van der Waals surface area contributed by atoms with Crippen molar-refractivity contribution in [1.29, 1.82) is 0 Å². The van der Waals surface area contributed by atoms with Crippen LogP contribution in [0.25, 0.3) is 16.8 Å². The van der Waals surface area contributed by atoms with Crippen molar-refractivity contribution >= 4 is 50.5 Å². The lowest BCUT2D eigenvalue weighted by Gasteiger charge is -2.05. The van der Waals surface area contributed by atoms with Crippen molar-refractivity contribution in [3.8, 4) is 5.75 Å². The fraction of sp³-hybridized carbons (Fsp3) is 0.0833. The molecule has 0 spiro atoms. The number of aromatic hydroxyl groups is 1. The van der Waals surface area contributed by atoms with E-state index in [4.69, 9.17) is 0 Å². The second-order valence-electron chi connectivity index (χ2n) is 7.25. The van der Waals surface area contributed by atoms with Crippen LogP contribution in [0.2, 0.25) is 0 Å². The minimum absolute atomic E-state index is 0.0583. The quantitative estimate of drug-likeness (QED) is 0.159. The number of hydrogen-bond donors (Lipinski definition) is 2. The van der Waals surface area contributed by atoms with Gasteiger partial charge in [0.2, 0.25) is 0 Å². The van der Waals surface area contributed by atoms with Crippen LogP contribution in [-0.2, 0) is 0 Å². The molecule has 0 amide bonds. The third-order valence-corrected chi connectivity index (χ3v) is 6.05. The number of phenols is 1. The zero-order chi connectivity index (χ0) is 22.8. The van der Waals surface area contributed by atoms with Crippen molar-refractivity contribution in [1.82, 2.24) is 4.98 Å². The van der Waals surface area contributed by atoms with Crippen molar-refractivity contribution in [2.24, 2.45) is 0 Å². The van der Waals surface area contributed by atoms with E-state index in [1.54, 1.807) is 38.1 Å². The number of ketones is 1. The molecule has 32 heavy (non-hydrogen) atoms. The molecule has 0 radical (unpaired) electrons. The van der Waals surface area contributed by atoms with E-state index in [9.17, 15) is 20.0 Å². The molecule has 4 aromatic rings. The summed E-state index contributed by atoms with van der Waals surface area (Å²) in [5.74, 6) is -0.179. The predicted molar refractivity (Wildman–Crippen MR) is 127 cm³/mol. The lowest BCUT2D eigenvalue weighted by Crippen LogP contribution is -1.97. The van der Waals surface area contributed by atoms with Gasteiger partial charge in [0, 0.05) is 11.6 Å². The maximum atomic E-state index is 12.8. The fourth-order valence-corrected chi connectivity index (χ4v) is 4.28. The van der Waals surface area contributed by atoms with E-state index in [1.807, 2.05) is 30.3 Å². The highest BCUT2D eigenvalue weighted by molar-refractivity contribution is 7.17. The summed E-state index contributed by atoms with van der Waals surface area (Å²) in [7, 11) is 0. The number of rotatable bonds is 6. The van der Waals surface area contributed by atoms with Gasteiger partial charge >= 0.3 is 0 Å². The third-order valence-electron chi connectivity index (χ3n) is 4.96. The Morgan fingerprint density at radius 1 is 1.16 bits per heavy atom. The predicted octanol–water partition coefficient (Wildman–Crippen LogP) is 6.17. The van der Waals surface area contributed by atoms with Gasteiger partial charge in [-0.15, -0.1) is 0 Å². The molecule has 4 rings (SSSR count). The highest BCUT2D eigenvalue weighted by atomic mass is 32.1. The molecule has 160 valence electrons. The summed E-state index contributed by atoms with van der Waals surface area (Å²) in [6, 6.07) is 15.9. The van der Waals surface area contributed by atoms with Crippen LogP contribution in [0.1, 0.15) is 26.5 Å². The van der Waals surface area contributed by atoms with Gasteiger partial charge < -0.3 is 10.4 Å². The second-order valence-corrected chi connectivity index (χ2v) is 8.25. The summed E-state index contributed by atoms with van der Waals surface area (Å²) in [4.78, 5) is 28.5. The Labute approximate surface area is 187 Å². The Bertz CT molecular complexity index is 1390.